The van der Waals surface area contributed by atoms with Gasteiger partial charge >= 0.3 is 0 Å². The molecule has 1 fully saturated rings. The van der Waals surface area contributed by atoms with Crippen LogP contribution in [0.2, 0.25) is 10.0 Å². The van der Waals surface area contributed by atoms with E-state index in [2.05, 4.69) is 37.5 Å². The molecule has 2 unspecified atom stereocenters. The van der Waals surface area contributed by atoms with Crippen LogP contribution in [-0.4, -0.2) is 24.9 Å². The smallest absolute Gasteiger partial charge is 0.260 e. The predicted octanol–water partition coefficient (Wildman–Crippen LogP) is 6.64. The van der Waals surface area contributed by atoms with Crippen LogP contribution in [0.4, 0.5) is 14.5 Å². The predicted molar refractivity (Wildman–Crippen MR) is 151 cm³/mol. The number of carbonyl (C=O) groups excluding carboxylic acids is 2. The number of primary amides is 1. The molecule has 3 aromatic rings. The molecule has 206 valence electrons. The number of nitriles is 1. The summed E-state index contributed by atoms with van der Waals surface area (Å²) in [5, 5.41) is 18.0. The van der Waals surface area contributed by atoms with Crippen molar-refractivity contribution in [2.24, 2.45) is 11.1 Å². The van der Waals surface area contributed by atoms with Gasteiger partial charge in [0.15, 0.2) is 0 Å². The minimum atomic E-state index is -1.30. The van der Waals surface area contributed by atoms with Gasteiger partial charge in [0.25, 0.3) is 5.91 Å². The van der Waals surface area contributed by atoms with Crippen LogP contribution in [0, 0.1) is 28.4 Å². The Hall–Kier alpha value is -3.03. The number of halogens is 4. The molecule has 1 aromatic heterocycles. The fourth-order valence-electron chi connectivity index (χ4n) is 4.91. The third-order valence-electron chi connectivity index (χ3n) is 6.51. The van der Waals surface area contributed by atoms with E-state index in [-0.39, 0.29) is 27.1 Å². The van der Waals surface area contributed by atoms with Gasteiger partial charge < -0.3 is 16.4 Å². The first-order chi connectivity index (χ1) is 18.4. The van der Waals surface area contributed by atoms with Crippen LogP contribution in [0.15, 0.2) is 47.8 Å². The van der Waals surface area contributed by atoms with Crippen molar-refractivity contribution >= 4 is 52.5 Å². The first kappa shape index (κ1) is 30.5. The first-order valence-corrected chi connectivity index (χ1v) is 13.6. The van der Waals surface area contributed by atoms with E-state index in [1.165, 1.54) is 23.5 Å². The molecule has 0 aliphatic carbocycles. The maximum atomic E-state index is 15.0. The van der Waals surface area contributed by atoms with Gasteiger partial charge in [0.1, 0.15) is 21.9 Å². The van der Waals surface area contributed by atoms with Gasteiger partial charge in [0, 0.05) is 29.1 Å². The second-order valence-electron chi connectivity index (χ2n) is 10.3. The van der Waals surface area contributed by atoms with Gasteiger partial charge in [0.2, 0.25) is 6.41 Å². The first-order valence-electron chi connectivity index (χ1n) is 12.0. The van der Waals surface area contributed by atoms with Crippen LogP contribution in [0.25, 0.3) is 0 Å². The summed E-state index contributed by atoms with van der Waals surface area (Å²) in [6.07, 6.45) is 1.12. The number of hydrogen-bond donors (Lipinski definition) is 3. The maximum Gasteiger partial charge on any atom is 0.260 e. The molecule has 0 saturated carbocycles. The summed E-state index contributed by atoms with van der Waals surface area (Å²) in [6, 6.07) is 12.7. The van der Waals surface area contributed by atoms with Gasteiger partial charge in [0.05, 0.1) is 16.8 Å². The highest BCUT2D eigenvalue weighted by Gasteiger charge is 2.55. The minimum absolute atomic E-state index is 0.0137. The van der Waals surface area contributed by atoms with E-state index in [0.29, 0.717) is 35.5 Å². The van der Waals surface area contributed by atoms with Crippen LogP contribution < -0.4 is 16.4 Å². The molecule has 3 atom stereocenters. The lowest BCUT2D eigenvalue weighted by atomic mass is 9.64. The van der Waals surface area contributed by atoms with Crippen molar-refractivity contribution in [1.29, 1.82) is 5.26 Å². The Morgan fingerprint density at radius 3 is 2.59 bits per heavy atom. The number of nitrogens with zero attached hydrogens (tertiary/aromatic N) is 1. The molecule has 0 radical (unpaired) electrons. The van der Waals surface area contributed by atoms with E-state index in [1.807, 2.05) is 0 Å². The van der Waals surface area contributed by atoms with Gasteiger partial charge in [-0.1, -0.05) is 62.2 Å². The summed E-state index contributed by atoms with van der Waals surface area (Å²) in [5.41, 5.74) is 4.59. The van der Waals surface area contributed by atoms with E-state index >= 15 is 4.39 Å². The average molecular weight is 594 g/mol. The van der Waals surface area contributed by atoms with Gasteiger partial charge in [-0.05, 0) is 47.0 Å². The molecule has 4 N–H and O–H groups in total. The maximum absolute atomic E-state index is 15.0. The second-order valence-corrected chi connectivity index (χ2v) is 12.1. The van der Waals surface area contributed by atoms with Crippen LogP contribution in [-0.2, 0) is 10.2 Å². The molecule has 6 nitrogen and oxygen atoms in total. The highest BCUT2D eigenvalue weighted by molar-refractivity contribution is 7.12. The summed E-state index contributed by atoms with van der Waals surface area (Å²) in [6.45, 7) is 6.51. The quantitative estimate of drug-likeness (QED) is 0.279. The van der Waals surface area contributed by atoms with Crippen LogP contribution in [0.1, 0.15) is 53.9 Å². The van der Waals surface area contributed by atoms with E-state index in [1.54, 1.807) is 35.7 Å². The average Bonchev–Trinajstić information content (AvgIpc) is 3.46. The number of nitrogens with one attached hydrogen (secondary N) is 2. The highest BCUT2D eigenvalue weighted by atomic mass is 35.5. The molecule has 4 rings (SSSR count). The fourth-order valence-corrected chi connectivity index (χ4v) is 5.96. The zero-order valence-corrected chi connectivity index (χ0v) is 23.9. The van der Waals surface area contributed by atoms with Crippen LogP contribution >= 0.6 is 34.5 Å². The van der Waals surface area contributed by atoms with E-state index in [0.717, 1.165) is 0 Å². The number of nitrogens with two attached hydrogens (primary N) is 1. The molecule has 2 aromatic carbocycles. The van der Waals surface area contributed by atoms with Crippen molar-refractivity contribution in [1.82, 2.24) is 5.32 Å². The van der Waals surface area contributed by atoms with Crippen molar-refractivity contribution in [2.75, 3.05) is 11.9 Å². The topological polar surface area (TPSA) is 108 Å². The van der Waals surface area contributed by atoms with E-state index in [4.69, 9.17) is 28.9 Å². The molecule has 39 heavy (non-hydrogen) atoms. The third kappa shape index (κ3) is 6.59. The zero-order valence-electron chi connectivity index (χ0n) is 21.5. The number of anilines is 1. The summed E-state index contributed by atoms with van der Waals surface area (Å²) in [4.78, 5) is 21.0. The number of thiophene rings is 1. The van der Waals surface area contributed by atoms with Crippen LogP contribution in [0.3, 0.4) is 0 Å². The molecule has 0 bridgehead atoms. The lowest BCUT2D eigenvalue weighted by Gasteiger charge is -2.37. The summed E-state index contributed by atoms with van der Waals surface area (Å²) in [7, 11) is 0. The zero-order chi connectivity index (χ0) is 29.0. The largest absolute Gasteiger partial charge is 0.365 e. The summed E-state index contributed by atoms with van der Waals surface area (Å²) >= 11 is 13.1. The Kier molecular flexibility index (Phi) is 9.73. The number of hydrogen-bond acceptors (Lipinski definition) is 5. The Morgan fingerprint density at radius 2 is 2.00 bits per heavy atom. The molecular weight excluding hydrogens is 565 g/mol. The Bertz CT molecular complexity index is 1400. The molecule has 2 heterocycles. The molecule has 1 saturated heterocycles. The Labute approximate surface area is 240 Å². The van der Waals surface area contributed by atoms with Crippen molar-refractivity contribution in [2.45, 2.75) is 44.6 Å². The number of carbonyl (C=O) groups is 2. The third-order valence-corrected chi connectivity index (χ3v) is 7.96. The molecular formula is C28H28Cl2F2N4O2S. The number of benzene rings is 2. The van der Waals surface area contributed by atoms with Gasteiger partial charge in [-0.15, -0.1) is 11.3 Å². The monoisotopic (exact) mass is 592 g/mol. The summed E-state index contributed by atoms with van der Waals surface area (Å²) in [5.74, 6) is -2.26. The highest BCUT2D eigenvalue weighted by Crippen LogP contribution is 2.50. The number of rotatable bonds is 6. The van der Waals surface area contributed by atoms with E-state index in [9.17, 15) is 19.2 Å². The molecule has 1 aliphatic heterocycles. The van der Waals surface area contributed by atoms with Gasteiger partial charge in [-0.3, -0.25) is 9.59 Å². The second kappa shape index (κ2) is 12.4. The molecule has 1 aliphatic rings. The van der Waals surface area contributed by atoms with Crippen molar-refractivity contribution in [3.05, 3.63) is 85.5 Å². The SMILES string of the molecule is CC(C)(C)CC1NCC(c2cccc(Cl)c2F)[C@@]1(C#N)c1ccc(Cl)cc1F.NC(=O)c1sccc1NC=O. The van der Waals surface area contributed by atoms with Gasteiger partial charge in [-0.2, -0.15) is 5.26 Å². The lowest BCUT2D eigenvalue weighted by molar-refractivity contribution is -0.105. The fraction of sp³-hybridized carbons (Fsp3) is 0.321. The lowest BCUT2D eigenvalue weighted by Crippen LogP contribution is -2.44. The van der Waals surface area contributed by atoms with Gasteiger partial charge in [-0.25, -0.2) is 8.78 Å². The summed E-state index contributed by atoms with van der Waals surface area (Å²) < 4.78 is 29.9. The number of amides is 2. The standard InChI is InChI=1S/C22H22Cl2F2N2.C6H6N2O2S/c1-21(2,3)10-19-22(12-27,15-8-7-13(23)9-18(15)25)16(11-28-19)14-5-4-6-17(24)20(14)26;7-6(10)5-4(8-3-9)1-2-11-5/h4-9,16,19,28H,10-11H2,1-3H3;1-3H,(H2,7,10)(H,8,9)/t16?,19?,22-;/m1./s1. The van der Waals surface area contributed by atoms with Crippen LogP contribution in [0.5, 0.6) is 0 Å². The minimum Gasteiger partial charge on any atom is -0.365 e. The molecule has 2 amide bonds. The van der Waals surface area contributed by atoms with Crippen molar-refractivity contribution in [3.63, 3.8) is 0 Å². The molecule has 0 spiro atoms. The Balaban J connectivity index is 0.000000320. The normalized spacial score (nSPS) is 20.5. The van der Waals surface area contributed by atoms with E-state index < -0.39 is 28.9 Å². The van der Waals surface area contributed by atoms with Crippen molar-refractivity contribution < 1.29 is 18.4 Å². The van der Waals surface area contributed by atoms with Crippen molar-refractivity contribution in [3.8, 4) is 6.07 Å². The molecule has 11 heteroatoms. The Morgan fingerprint density at radius 1 is 1.28 bits per heavy atom.